The molecule has 0 aliphatic heterocycles. The van der Waals surface area contributed by atoms with E-state index < -0.39 is 0 Å². The lowest BCUT2D eigenvalue weighted by molar-refractivity contribution is 0.207. The smallest absolute Gasteiger partial charge is 0.0202 e. The van der Waals surface area contributed by atoms with Gasteiger partial charge in [-0.1, -0.05) is 107 Å². The van der Waals surface area contributed by atoms with Crippen molar-refractivity contribution in [3.63, 3.8) is 0 Å². The van der Waals surface area contributed by atoms with Crippen molar-refractivity contribution in [3.05, 3.63) is 5.92 Å². The Balaban J connectivity index is 5.23. The zero-order valence-electron chi connectivity index (χ0n) is 20.1. The molecule has 0 heteroatoms. The van der Waals surface area contributed by atoms with E-state index in [1.54, 1.807) is 0 Å². The summed E-state index contributed by atoms with van der Waals surface area (Å²) in [6.07, 6.45) is 15.0. The standard InChI is InChI=1S/C26H53/c1-10-15-17-26(9,14-5)20-25(19-22(7)18-21(6)12-3)23(8)24(13-4)16-11-2/h21-24H,10-20H2,1-9H3. The molecule has 0 spiro atoms. The van der Waals surface area contributed by atoms with Crippen LogP contribution in [0.2, 0.25) is 0 Å². The molecule has 26 heavy (non-hydrogen) atoms. The number of hydrogen-bond donors (Lipinski definition) is 0. The maximum atomic E-state index is 2.56. The van der Waals surface area contributed by atoms with Crippen LogP contribution in [0, 0.1) is 35.0 Å². The second kappa shape index (κ2) is 14.1. The molecule has 0 fully saturated rings. The van der Waals surface area contributed by atoms with Gasteiger partial charge in [-0.25, -0.2) is 0 Å². The summed E-state index contributed by atoms with van der Waals surface area (Å²) in [5, 5.41) is 0. The Bertz CT molecular complexity index is 320. The van der Waals surface area contributed by atoms with E-state index in [1.807, 2.05) is 5.92 Å². The van der Waals surface area contributed by atoms with E-state index in [0.29, 0.717) is 5.41 Å². The predicted octanol–water partition coefficient (Wildman–Crippen LogP) is 9.48. The Morgan fingerprint density at radius 2 is 1.50 bits per heavy atom. The fraction of sp³-hybridized carbons (Fsp3) is 0.962. The monoisotopic (exact) mass is 365 g/mol. The van der Waals surface area contributed by atoms with Crippen molar-refractivity contribution in [2.24, 2.45) is 29.1 Å². The highest BCUT2D eigenvalue weighted by molar-refractivity contribution is 5.02. The maximum absolute atomic E-state index is 2.56. The van der Waals surface area contributed by atoms with Crippen molar-refractivity contribution in [2.45, 2.75) is 133 Å². The molecule has 0 aliphatic carbocycles. The lowest BCUT2D eigenvalue weighted by Crippen LogP contribution is -2.28. The fourth-order valence-electron chi connectivity index (χ4n) is 4.86. The molecule has 1 radical (unpaired) electrons. The van der Waals surface area contributed by atoms with Crippen LogP contribution in [0.3, 0.4) is 0 Å². The van der Waals surface area contributed by atoms with Crippen LogP contribution in [-0.2, 0) is 0 Å². The lowest BCUT2D eigenvalue weighted by atomic mass is 9.66. The lowest BCUT2D eigenvalue weighted by Gasteiger charge is -2.39. The van der Waals surface area contributed by atoms with Gasteiger partial charge in [-0.2, -0.15) is 0 Å². The third kappa shape index (κ3) is 9.80. The van der Waals surface area contributed by atoms with Gasteiger partial charge in [-0.3, -0.25) is 0 Å². The predicted molar refractivity (Wildman–Crippen MR) is 121 cm³/mol. The van der Waals surface area contributed by atoms with E-state index in [9.17, 15) is 0 Å². The Morgan fingerprint density at radius 3 is 1.96 bits per heavy atom. The van der Waals surface area contributed by atoms with Crippen molar-refractivity contribution in [1.82, 2.24) is 0 Å². The molecule has 0 nitrogen and oxygen atoms in total. The summed E-state index contributed by atoms with van der Waals surface area (Å²) in [7, 11) is 0. The molecule has 0 heterocycles. The minimum atomic E-state index is 0.514. The Hall–Kier alpha value is 0. The Morgan fingerprint density at radius 1 is 0.846 bits per heavy atom. The molecular weight excluding hydrogens is 312 g/mol. The molecule has 0 bridgehead atoms. The van der Waals surface area contributed by atoms with Gasteiger partial charge in [0.2, 0.25) is 0 Å². The first-order valence-corrected chi connectivity index (χ1v) is 12.1. The summed E-state index contributed by atoms with van der Waals surface area (Å²) in [6.45, 7) is 21.9. The van der Waals surface area contributed by atoms with Crippen molar-refractivity contribution in [2.75, 3.05) is 0 Å². The van der Waals surface area contributed by atoms with Gasteiger partial charge in [0.15, 0.2) is 0 Å². The second-order valence-corrected chi connectivity index (χ2v) is 9.91. The SMILES string of the molecule is CCCCC(C)(CC)C[C](CC(C)CC(C)CC)C(C)C(CC)CCC. The molecule has 0 amide bonds. The van der Waals surface area contributed by atoms with Crippen LogP contribution in [0.5, 0.6) is 0 Å². The van der Waals surface area contributed by atoms with Crippen LogP contribution in [0.1, 0.15) is 133 Å². The highest BCUT2D eigenvalue weighted by Crippen LogP contribution is 2.44. The summed E-state index contributed by atoms with van der Waals surface area (Å²) >= 11 is 0. The molecule has 0 aromatic heterocycles. The average molecular weight is 366 g/mol. The van der Waals surface area contributed by atoms with Crippen molar-refractivity contribution >= 4 is 0 Å². The van der Waals surface area contributed by atoms with Gasteiger partial charge in [0.05, 0.1) is 0 Å². The molecule has 0 rings (SSSR count). The molecule has 0 N–H and O–H groups in total. The Kier molecular flexibility index (Phi) is 14.1. The summed E-state index contributed by atoms with van der Waals surface area (Å²) in [6, 6.07) is 0. The molecule has 157 valence electrons. The van der Waals surface area contributed by atoms with Gasteiger partial charge in [-0.05, 0) is 60.7 Å². The number of rotatable bonds is 16. The average Bonchev–Trinajstić information content (AvgIpc) is 2.63. The van der Waals surface area contributed by atoms with Gasteiger partial charge in [0.25, 0.3) is 0 Å². The Labute approximate surface area is 168 Å². The van der Waals surface area contributed by atoms with Crippen molar-refractivity contribution in [3.8, 4) is 0 Å². The first kappa shape index (κ1) is 26.0. The number of unbranched alkanes of at least 4 members (excludes halogenated alkanes) is 1. The molecule has 0 saturated carbocycles. The summed E-state index contributed by atoms with van der Waals surface area (Å²) in [5.41, 5.74) is 0.514. The quantitative estimate of drug-likeness (QED) is 0.255. The summed E-state index contributed by atoms with van der Waals surface area (Å²) < 4.78 is 0. The van der Waals surface area contributed by atoms with E-state index >= 15 is 0 Å². The summed E-state index contributed by atoms with van der Waals surface area (Å²) in [5.74, 6) is 5.30. The van der Waals surface area contributed by atoms with E-state index in [4.69, 9.17) is 0 Å². The highest BCUT2D eigenvalue weighted by Gasteiger charge is 2.33. The van der Waals surface area contributed by atoms with Crippen LogP contribution in [-0.4, -0.2) is 0 Å². The minimum Gasteiger partial charge on any atom is -0.0654 e. The minimum absolute atomic E-state index is 0.514. The second-order valence-electron chi connectivity index (χ2n) is 9.91. The van der Waals surface area contributed by atoms with Crippen molar-refractivity contribution < 1.29 is 0 Å². The highest BCUT2D eigenvalue weighted by atomic mass is 14.4. The van der Waals surface area contributed by atoms with Crippen LogP contribution in [0.15, 0.2) is 0 Å². The first-order valence-electron chi connectivity index (χ1n) is 12.1. The van der Waals surface area contributed by atoms with E-state index in [1.165, 1.54) is 70.6 Å². The molecule has 0 saturated heterocycles. The van der Waals surface area contributed by atoms with E-state index in [-0.39, 0.29) is 0 Å². The van der Waals surface area contributed by atoms with Gasteiger partial charge >= 0.3 is 0 Å². The van der Waals surface area contributed by atoms with Crippen LogP contribution in [0.4, 0.5) is 0 Å². The zero-order chi connectivity index (χ0) is 20.2. The zero-order valence-corrected chi connectivity index (χ0v) is 20.1. The normalized spacial score (nSPS) is 19.2. The largest absolute Gasteiger partial charge is 0.0654 e. The molecule has 0 aromatic rings. The third-order valence-corrected chi connectivity index (χ3v) is 7.29. The van der Waals surface area contributed by atoms with Crippen LogP contribution >= 0.6 is 0 Å². The van der Waals surface area contributed by atoms with Crippen molar-refractivity contribution in [1.29, 1.82) is 0 Å². The van der Waals surface area contributed by atoms with Gasteiger partial charge in [0, 0.05) is 0 Å². The van der Waals surface area contributed by atoms with Crippen LogP contribution in [0.25, 0.3) is 0 Å². The number of hydrogen-bond acceptors (Lipinski definition) is 0. The van der Waals surface area contributed by atoms with Crippen LogP contribution < -0.4 is 0 Å². The molecule has 0 aliphatic rings. The fourth-order valence-corrected chi connectivity index (χ4v) is 4.86. The maximum Gasteiger partial charge on any atom is -0.0202 e. The van der Waals surface area contributed by atoms with E-state index in [2.05, 4.69) is 62.3 Å². The van der Waals surface area contributed by atoms with Gasteiger partial charge in [-0.15, -0.1) is 0 Å². The van der Waals surface area contributed by atoms with E-state index in [0.717, 1.165) is 23.7 Å². The summed E-state index contributed by atoms with van der Waals surface area (Å²) in [4.78, 5) is 0. The third-order valence-electron chi connectivity index (χ3n) is 7.29. The molecule has 0 aromatic carbocycles. The molecule has 5 atom stereocenters. The molecule has 5 unspecified atom stereocenters. The van der Waals surface area contributed by atoms with Gasteiger partial charge < -0.3 is 0 Å². The first-order chi connectivity index (χ1) is 12.3. The van der Waals surface area contributed by atoms with Gasteiger partial charge in [0.1, 0.15) is 0 Å². The molecular formula is C26H53. The topological polar surface area (TPSA) is 0 Å².